The van der Waals surface area contributed by atoms with Crippen molar-refractivity contribution < 1.29 is 37.0 Å². The van der Waals surface area contributed by atoms with E-state index in [1.807, 2.05) is 6.92 Å². The van der Waals surface area contributed by atoms with E-state index in [4.69, 9.17) is 25.8 Å². The SMILES string of the molecule is CCCCOC(=O)C(C)Oc1cc(Oc2ccc(C(F)(F)F)cc2Cl)ccc1C=O. The van der Waals surface area contributed by atoms with Gasteiger partial charge in [0, 0.05) is 6.07 Å². The number of hydrogen-bond acceptors (Lipinski definition) is 5. The number of esters is 1. The zero-order valence-corrected chi connectivity index (χ0v) is 17.0. The Morgan fingerprint density at radius 3 is 2.50 bits per heavy atom. The summed E-state index contributed by atoms with van der Waals surface area (Å²) in [5.74, 6) is -0.381. The molecular weight excluding hydrogens is 425 g/mol. The molecule has 0 N–H and O–H groups in total. The van der Waals surface area contributed by atoms with E-state index < -0.39 is 23.8 Å². The lowest BCUT2D eigenvalue weighted by Gasteiger charge is -2.16. The van der Waals surface area contributed by atoms with Gasteiger partial charge in [0.15, 0.2) is 12.4 Å². The number of aldehydes is 1. The van der Waals surface area contributed by atoms with Gasteiger partial charge in [-0.25, -0.2) is 4.79 Å². The third-order valence-corrected chi connectivity index (χ3v) is 4.27. The summed E-state index contributed by atoms with van der Waals surface area (Å²) >= 11 is 5.90. The van der Waals surface area contributed by atoms with E-state index in [0.29, 0.717) is 6.29 Å². The Kier molecular flexibility index (Phi) is 8.11. The number of hydrogen-bond donors (Lipinski definition) is 0. The largest absolute Gasteiger partial charge is 0.478 e. The number of carbonyl (C=O) groups excluding carboxylic acids is 2. The summed E-state index contributed by atoms with van der Waals surface area (Å²) in [5.41, 5.74) is -0.746. The summed E-state index contributed by atoms with van der Waals surface area (Å²) in [6, 6.07) is 6.84. The van der Waals surface area contributed by atoms with Gasteiger partial charge in [0.25, 0.3) is 0 Å². The van der Waals surface area contributed by atoms with Crippen LogP contribution in [-0.2, 0) is 15.7 Å². The molecule has 2 aromatic carbocycles. The lowest BCUT2D eigenvalue weighted by Crippen LogP contribution is -2.26. The molecule has 162 valence electrons. The van der Waals surface area contributed by atoms with Crippen LogP contribution in [0.15, 0.2) is 36.4 Å². The predicted octanol–water partition coefficient (Wildman–Crippen LogP) is 6.07. The van der Waals surface area contributed by atoms with E-state index in [1.165, 1.54) is 25.1 Å². The Hall–Kier alpha value is -2.74. The molecule has 2 aromatic rings. The van der Waals surface area contributed by atoms with E-state index >= 15 is 0 Å². The molecule has 0 spiro atoms. The molecule has 0 aliphatic heterocycles. The first-order chi connectivity index (χ1) is 14.2. The van der Waals surface area contributed by atoms with Crippen molar-refractivity contribution in [1.29, 1.82) is 0 Å². The Bertz CT molecular complexity index is 899. The lowest BCUT2D eigenvalue weighted by molar-refractivity contribution is -0.151. The van der Waals surface area contributed by atoms with Crippen LogP contribution in [0.4, 0.5) is 13.2 Å². The first-order valence-electron chi connectivity index (χ1n) is 9.12. The molecule has 0 radical (unpaired) electrons. The summed E-state index contributed by atoms with van der Waals surface area (Å²) in [5, 5.41) is -0.236. The second kappa shape index (κ2) is 10.3. The molecule has 1 unspecified atom stereocenters. The normalized spacial score (nSPS) is 12.2. The summed E-state index contributed by atoms with van der Waals surface area (Å²) in [6.07, 6.45) is -3.39. The van der Waals surface area contributed by atoms with Gasteiger partial charge in [0.2, 0.25) is 0 Å². The Balaban J connectivity index is 2.18. The molecule has 0 aromatic heterocycles. The monoisotopic (exact) mass is 444 g/mol. The van der Waals surface area contributed by atoms with Crippen LogP contribution >= 0.6 is 11.6 Å². The van der Waals surface area contributed by atoms with Gasteiger partial charge in [-0.15, -0.1) is 0 Å². The minimum absolute atomic E-state index is 0.0125. The topological polar surface area (TPSA) is 61.8 Å². The van der Waals surface area contributed by atoms with Crippen LogP contribution in [0, 0.1) is 0 Å². The van der Waals surface area contributed by atoms with Gasteiger partial charge < -0.3 is 14.2 Å². The molecule has 5 nitrogen and oxygen atoms in total. The highest BCUT2D eigenvalue weighted by molar-refractivity contribution is 6.32. The van der Waals surface area contributed by atoms with Crippen molar-refractivity contribution in [3.05, 3.63) is 52.5 Å². The molecule has 0 heterocycles. The first kappa shape index (κ1) is 23.5. The maximum atomic E-state index is 12.8. The maximum Gasteiger partial charge on any atom is 0.416 e. The highest BCUT2D eigenvalue weighted by atomic mass is 35.5. The third kappa shape index (κ3) is 6.38. The molecule has 0 saturated heterocycles. The predicted molar refractivity (Wildman–Crippen MR) is 104 cm³/mol. The molecule has 0 aliphatic rings. The number of ether oxygens (including phenoxy) is 3. The van der Waals surface area contributed by atoms with Crippen molar-refractivity contribution in [2.45, 2.75) is 39.0 Å². The molecule has 0 amide bonds. The molecule has 0 aliphatic carbocycles. The third-order valence-electron chi connectivity index (χ3n) is 3.98. The Morgan fingerprint density at radius 2 is 1.90 bits per heavy atom. The van der Waals surface area contributed by atoms with Crippen LogP contribution in [0.3, 0.4) is 0 Å². The highest BCUT2D eigenvalue weighted by Crippen LogP contribution is 2.37. The summed E-state index contributed by atoms with van der Waals surface area (Å²) < 4.78 is 54.4. The molecule has 9 heteroatoms. The number of benzene rings is 2. The minimum atomic E-state index is -4.53. The highest BCUT2D eigenvalue weighted by Gasteiger charge is 2.31. The van der Waals surface area contributed by atoms with Crippen molar-refractivity contribution in [2.24, 2.45) is 0 Å². The average Bonchev–Trinajstić information content (AvgIpc) is 2.69. The minimum Gasteiger partial charge on any atom is -0.478 e. The van der Waals surface area contributed by atoms with Crippen molar-refractivity contribution in [1.82, 2.24) is 0 Å². The second-order valence-electron chi connectivity index (χ2n) is 6.34. The molecule has 1 atom stereocenters. The van der Waals surface area contributed by atoms with Crippen LogP contribution in [-0.4, -0.2) is 25.0 Å². The van der Waals surface area contributed by atoms with Gasteiger partial charge in [-0.3, -0.25) is 4.79 Å². The van der Waals surface area contributed by atoms with Gasteiger partial charge >= 0.3 is 12.1 Å². The lowest BCUT2D eigenvalue weighted by atomic mass is 10.2. The van der Waals surface area contributed by atoms with E-state index in [2.05, 4.69) is 0 Å². The van der Waals surface area contributed by atoms with Crippen molar-refractivity contribution >= 4 is 23.9 Å². The quantitative estimate of drug-likeness (QED) is 0.267. The van der Waals surface area contributed by atoms with Crippen molar-refractivity contribution in [3.8, 4) is 17.2 Å². The van der Waals surface area contributed by atoms with Gasteiger partial charge in [0.05, 0.1) is 22.8 Å². The maximum absolute atomic E-state index is 12.8. The molecule has 2 rings (SSSR count). The van der Waals surface area contributed by atoms with Crippen molar-refractivity contribution in [3.63, 3.8) is 0 Å². The van der Waals surface area contributed by atoms with Gasteiger partial charge in [-0.2, -0.15) is 13.2 Å². The number of alkyl halides is 3. The number of rotatable bonds is 9. The van der Waals surface area contributed by atoms with Crippen LogP contribution in [0.2, 0.25) is 5.02 Å². The fourth-order valence-electron chi connectivity index (χ4n) is 2.34. The van der Waals surface area contributed by atoms with Crippen LogP contribution in [0.25, 0.3) is 0 Å². The molecule has 30 heavy (non-hydrogen) atoms. The Morgan fingerprint density at radius 1 is 1.17 bits per heavy atom. The van der Waals surface area contributed by atoms with Gasteiger partial charge in [0.1, 0.15) is 17.2 Å². The number of unbranched alkanes of at least 4 members (excludes halogenated alkanes) is 1. The smallest absolute Gasteiger partial charge is 0.416 e. The van der Waals surface area contributed by atoms with Gasteiger partial charge in [-0.1, -0.05) is 24.9 Å². The fourth-order valence-corrected chi connectivity index (χ4v) is 2.56. The number of halogens is 4. The second-order valence-corrected chi connectivity index (χ2v) is 6.75. The summed E-state index contributed by atoms with van der Waals surface area (Å²) in [6.45, 7) is 3.70. The van der Waals surface area contributed by atoms with E-state index in [1.54, 1.807) is 0 Å². The molecule has 0 saturated carbocycles. The summed E-state index contributed by atoms with van der Waals surface area (Å²) in [4.78, 5) is 23.3. The van der Waals surface area contributed by atoms with Gasteiger partial charge in [-0.05, 0) is 43.7 Å². The van der Waals surface area contributed by atoms with Crippen molar-refractivity contribution in [2.75, 3.05) is 6.61 Å². The molecule has 0 bridgehead atoms. The number of carbonyl (C=O) groups is 2. The molecule has 0 fully saturated rings. The van der Waals surface area contributed by atoms with Crippen LogP contribution in [0.5, 0.6) is 17.2 Å². The summed E-state index contributed by atoms with van der Waals surface area (Å²) in [7, 11) is 0. The average molecular weight is 445 g/mol. The standard InChI is InChI=1S/C21H20ClF3O5/c1-3-4-9-28-20(27)13(2)29-19-11-16(7-5-14(19)12-26)30-18-8-6-15(10-17(18)22)21(23,24)25/h5-8,10-13H,3-4,9H2,1-2H3. The fraction of sp³-hybridized carbons (Fsp3) is 0.333. The van der Waals surface area contributed by atoms with E-state index in [0.717, 1.165) is 31.0 Å². The Labute approximate surface area is 176 Å². The van der Waals surface area contributed by atoms with Crippen LogP contribution < -0.4 is 9.47 Å². The first-order valence-corrected chi connectivity index (χ1v) is 9.50. The van der Waals surface area contributed by atoms with E-state index in [9.17, 15) is 22.8 Å². The zero-order chi connectivity index (χ0) is 22.3. The van der Waals surface area contributed by atoms with Crippen LogP contribution in [0.1, 0.15) is 42.6 Å². The zero-order valence-electron chi connectivity index (χ0n) is 16.3. The van der Waals surface area contributed by atoms with E-state index in [-0.39, 0.29) is 34.4 Å². The molecular formula is C21H20ClF3O5.